The summed E-state index contributed by atoms with van der Waals surface area (Å²) in [6.07, 6.45) is 3.69. The molecule has 0 aromatic carbocycles. The summed E-state index contributed by atoms with van der Waals surface area (Å²) in [5.41, 5.74) is 2.07. The minimum Gasteiger partial charge on any atom is -0.356 e. The molecule has 0 bridgehead atoms. The van der Waals surface area contributed by atoms with E-state index in [4.69, 9.17) is 0 Å². The van der Waals surface area contributed by atoms with Gasteiger partial charge in [0, 0.05) is 37.5 Å². The molecule has 0 atom stereocenters. The molecule has 1 aliphatic rings. The van der Waals surface area contributed by atoms with Crippen LogP contribution in [0.25, 0.3) is 11.0 Å². The Morgan fingerprint density at radius 3 is 2.66 bits per heavy atom. The highest BCUT2D eigenvalue weighted by molar-refractivity contribution is 6.05. The molecule has 152 valence electrons. The molecule has 4 rings (SSSR count). The Hall–Kier alpha value is -3.30. The fraction of sp³-hybridized carbons (Fsp3) is 0.316. The van der Waals surface area contributed by atoms with Crippen LogP contribution in [-0.4, -0.2) is 40.0 Å². The molecule has 29 heavy (non-hydrogen) atoms. The van der Waals surface area contributed by atoms with E-state index in [-0.39, 0.29) is 25.9 Å². The van der Waals surface area contributed by atoms with Crippen LogP contribution in [0.15, 0.2) is 30.7 Å². The van der Waals surface area contributed by atoms with E-state index in [0.717, 1.165) is 11.8 Å². The number of H-pyrrole nitrogens is 1. The van der Waals surface area contributed by atoms with Gasteiger partial charge >= 0.3 is 6.03 Å². The summed E-state index contributed by atoms with van der Waals surface area (Å²) in [4.78, 5) is 25.2. The number of carbonyl (C=O) groups is 1. The fourth-order valence-corrected chi connectivity index (χ4v) is 3.38. The van der Waals surface area contributed by atoms with Crippen molar-refractivity contribution in [1.29, 1.82) is 0 Å². The Labute approximate surface area is 164 Å². The van der Waals surface area contributed by atoms with Crippen molar-refractivity contribution in [3.8, 4) is 0 Å². The summed E-state index contributed by atoms with van der Waals surface area (Å²) in [5.74, 6) is -2.50. The van der Waals surface area contributed by atoms with Crippen molar-refractivity contribution in [3.63, 3.8) is 0 Å². The van der Waals surface area contributed by atoms with E-state index in [1.807, 2.05) is 11.8 Å². The summed E-state index contributed by atoms with van der Waals surface area (Å²) >= 11 is 0. The lowest BCUT2D eigenvalue weighted by Crippen LogP contribution is -2.40. The monoisotopic (exact) mass is 404 g/mol. The summed E-state index contributed by atoms with van der Waals surface area (Å²) in [6.45, 7) is 2.28. The number of halogens is 3. The van der Waals surface area contributed by atoms with Gasteiger partial charge in [-0.2, -0.15) is 0 Å². The molecule has 4 heterocycles. The number of alkyl halides is 2. The zero-order valence-corrected chi connectivity index (χ0v) is 15.6. The molecule has 0 unspecified atom stereocenters. The molecule has 1 saturated heterocycles. The molecular weight excluding hydrogens is 385 g/mol. The first-order valence-electron chi connectivity index (χ1n) is 9.11. The molecule has 3 aromatic heterocycles. The van der Waals surface area contributed by atoms with Crippen LogP contribution in [0.4, 0.5) is 35.2 Å². The number of urea groups is 1. The maximum atomic E-state index is 13.4. The predicted molar refractivity (Wildman–Crippen MR) is 104 cm³/mol. The number of hydrogen-bond acceptors (Lipinski definition) is 4. The molecule has 0 spiro atoms. The molecular formula is C19H19F3N6O. The van der Waals surface area contributed by atoms with Crippen LogP contribution in [0, 0.1) is 12.7 Å². The number of anilines is 3. The van der Waals surface area contributed by atoms with Gasteiger partial charge in [0.1, 0.15) is 17.3 Å². The molecule has 0 saturated carbocycles. The number of aromatic nitrogens is 3. The van der Waals surface area contributed by atoms with Crippen LogP contribution in [0.2, 0.25) is 0 Å². The van der Waals surface area contributed by atoms with Crippen LogP contribution in [-0.2, 0) is 0 Å². The Kier molecular flexibility index (Phi) is 4.77. The van der Waals surface area contributed by atoms with Gasteiger partial charge in [0.15, 0.2) is 0 Å². The second kappa shape index (κ2) is 7.26. The summed E-state index contributed by atoms with van der Waals surface area (Å²) in [5, 5.41) is 5.75. The number of nitrogens with one attached hydrogen (secondary N) is 3. The standard InChI is InChI=1S/C19H19F3N6O/c1-11-6-13(9-25-17(11)28-4-2-19(21,22)3-5-28)26-18(29)27-15-10-24-16-14(15)7-12(20)8-23-16/h6-10H,2-5H2,1H3,(H,23,24)(H2,26,27,29). The summed E-state index contributed by atoms with van der Waals surface area (Å²) < 4.78 is 40.1. The second-order valence-electron chi connectivity index (χ2n) is 7.04. The molecule has 10 heteroatoms. The van der Waals surface area contributed by atoms with Gasteiger partial charge in [-0.1, -0.05) is 0 Å². The number of aromatic amines is 1. The van der Waals surface area contributed by atoms with E-state index in [9.17, 15) is 18.0 Å². The molecule has 3 aromatic rings. The largest absolute Gasteiger partial charge is 0.356 e. The van der Waals surface area contributed by atoms with Crippen molar-refractivity contribution in [2.45, 2.75) is 25.7 Å². The maximum absolute atomic E-state index is 13.4. The SMILES string of the molecule is Cc1cc(NC(=O)Nc2c[nH]c3ncc(F)cc23)cnc1N1CCC(F)(F)CC1. The van der Waals surface area contributed by atoms with Crippen LogP contribution in [0.3, 0.4) is 0 Å². The van der Waals surface area contributed by atoms with Crippen molar-refractivity contribution in [2.24, 2.45) is 0 Å². The maximum Gasteiger partial charge on any atom is 0.323 e. The van der Waals surface area contributed by atoms with E-state index in [2.05, 4.69) is 25.6 Å². The van der Waals surface area contributed by atoms with Gasteiger partial charge in [0.2, 0.25) is 0 Å². The minimum absolute atomic E-state index is 0.198. The van der Waals surface area contributed by atoms with Gasteiger partial charge in [-0.25, -0.2) is 27.9 Å². The third kappa shape index (κ3) is 4.10. The van der Waals surface area contributed by atoms with E-state index in [1.165, 1.54) is 18.5 Å². The van der Waals surface area contributed by atoms with Crippen molar-refractivity contribution >= 4 is 34.3 Å². The Balaban J connectivity index is 1.43. The highest BCUT2D eigenvalue weighted by atomic mass is 19.3. The summed E-state index contributed by atoms with van der Waals surface area (Å²) in [7, 11) is 0. The number of hydrogen-bond donors (Lipinski definition) is 3. The Morgan fingerprint density at radius 2 is 1.93 bits per heavy atom. The lowest BCUT2D eigenvalue weighted by atomic mass is 10.1. The summed E-state index contributed by atoms with van der Waals surface area (Å²) in [6, 6.07) is 2.48. The molecule has 2 amide bonds. The quantitative estimate of drug-likeness (QED) is 0.608. The first-order chi connectivity index (χ1) is 13.8. The van der Waals surface area contributed by atoms with E-state index in [0.29, 0.717) is 28.2 Å². The predicted octanol–water partition coefficient (Wildman–Crippen LogP) is 4.28. The molecule has 1 aliphatic heterocycles. The van der Waals surface area contributed by atoms with Gasteiger partial charge < -0.3 is 20.5 Å². The van der Waals surface area contributed by atoms with Crippen molar-refractivity contribution in [2.75, 3.05) is 28.6 Å². The normalized spacial score (nSPS) is 16.1. The first-order valence-corrected chi connectivity index (χ1v) is 9.11. The van der Waals surface area contributed by atoms with Crippen LogP contribution < -0.4 is 15.5 Å². The highest BCUT2D eigenvalue weighted by Crippen LogP contribution is 2.31. The van der Waals surface area contributed by atoms with Gasteiger partial charge in [-0.3, -0.25) is 0 Å². The Morgan fingerprint density at radius 1 is 1.17 bits per heavy atom. The topological polar surface area (TPSA) is 85.9 Å². The average Bonchev–Trinajstić information content (AvgIpc) is 3.04. The highest BCUT2D eigenvalue weighted by Gasteiger charge is 2.34. The zero-order valence-electron chi connectivity index (χ0n) is 15.6. The Bertz CT molecular complexity index is 1060. The van der Waals surface area contributed by atoms with Gasteiger partial charge in [0.05, 0.1) is 23.8 Å². The number of amides is 2. The number of piperidine rings is 1. The third-order valence-corrected chi connectivity index (χ3v) is 4.85. The van der Waals surface area contributed by atoms with Crippen molar-refractivity contribution < 1.29 is 18.0 Å². The minimum atomic E-state index is -2.62. The second-order valence-corrected chi connectivity index (χ2v) is 7.04. The lowest BCUT2D eigenvalue weighted by molar-refractivity contribution is -0.0221. The fourth-order valence-electron chi connectivity index (χ4n) is 3.38. The number of aryl methyl sites for hydroxylation is 1. The van der Waals surface area contributed by atoms with Gasteiger partial charge in [0.25, 0.3) is 5.92 Å². The van der Waals surface area contributed by atoms with E-state index in [1.54, 1.807) is 6.07 Å². The molecule has 1 fully saturated rings. The number of rotatable bonds is 3. The number of nitrogens with zero attached hydrogens (tertiary/aromatic N) is 3. The third-order valence-electron chi connectivity index (χ3n) is 4.85. The number of pyridine rings is 2. The van der Waals surface area contributed by atoms with Crippen molar-refractivity contribution in [3.05, 3.63) is 42.1 Å². The molecule has 3 N–H and O–H groups in total. The van der Waals surface area contributed by atoms with Crippen LogP contribution in [0.1, 0.15) is 18.4 Å². The molecule has 0 aliphatic carbocycles. The van der Waals surface area contributed by atoms with E-state index < -0.39 is 17.8 Å². The number of fused-ring (bicyclic) bond motifs is 1. The van der Waals surface area contributed by atoms with E-state index >= 15 is 0 Å². The van der Waals surface area contributed by atoms with Crippen LogP contribution in [0.5, 0.6) is 0 Å². The molecule has 0 radical (unpaired) electrons. The zero-order chi connectivity index (χ0) is 20.6. The van der Waals surface area contributed by atoms with Crippen LogP contribution >= 0.6 is 0 Å². The van der Waals surface area contributed by atoms with Gasteiger partial charge in [-0.05, 0) is 24.6 Å². The van der Waals surface area contributed by atoms with Crippen molar-refractivity contribution in [1.82, 2.24) is 15.0 Å². The van der Waals surface area contributed by atoms with Gasteiger partial charge in [-0.15, -0.1) is 0 Å². The number of carbonyl (C=O) groups excluding carboxylic acids is 1. The average molecular weight is 404 g/mol. The smallest absolute Gasteiger partial charge is 0.323 e. The lowest BCUT2D eigenvalue weighted by Gasteiger charge is -2.33. The first kappa shape index (κ1) is 19.0. The molecule has 7 nitrogen and oxygen atoms in total.